The molecule has 0 spiro atoms. The van der Waals surface area contributed by atoms with Crippen molar-refractivity contribution in [2.24, 2.45) is 5.11 Å². The van der Waals surface area contributed by atoms with E-state index in [0.717, 1.165) is 4.90 Å². The van der Waals surface area contributed by atoms with E-state index in [0.29, 0.717) is 0 Å². The van der Waals surface area contributed by atoms with Gasteiger partial charge in [0.2, 0.25) is 0 Å². The van der Waals surface area contributed by atoms with Crippen molar-refractivity contribution < 1.29 is 14.7 Å². The quantitative estimate of drug-likeness (QED) is 0.366. The van der Waals surface area contributed by atoms with Gasteiger partial charge in [0.15, 0.2) is 0 Å². The minimum absolute atomic E-state index is 0.0674. The standard InChI is InChI=1S/C10H8N4O3/c11-13-12-7-3-1-2-6-8(7)10(17)14(4-5-15)9(6)16/h1-3,15H,4-5H2. The molecule has 1 aliphatic heterocycles. The number of aliphatic hydroxyl groups excluding tert-OH is 1. The van der Waals surface area contributed by atoms with E-state index in [1.807, 2.05) is 0 Å². The Morgan fingerprint density at radius 2 is 2.12 bits per heavy atom. The van der Waals surface area contributed by atoms with E-state index in [-0.39, 0.29) is 30.0 Å². The number of fused-ring (bicyclic) bond motifs is 1. The lowest BCUT2D eigenvalue weighted by molar-refractivity contribution is 0.0624. The molecule has 1 aromatic carbocycles. The van der Waals surface area contributed by atoms with Crippen LogP contribution in [0.25, 0.3) is 10.4 Å². The average Bonchev–Trinajstić information content (AvgIpc) is 2.56. The van der Waals surface area contributed by atoms with Crippen molar-refractivity contribution in [3.05, 3.63) is 39.8 Å². The van der Waals surface area contributed by atoms with Crippen molar-refractivity contribution in [1.29, 1.82) is 0 Å². The smallest absolute Gasteiger partial charge is 0.262 e. The van der Waals surface area contributed by atoms with Gasteiger partial charge in [-0.1, -0.05) is 17.2 Å². The molecule has 7 heteroatoms. The largest absolute Gasteiger partial charge is 0.395 e. The van der Waals surface area contributed by atoms with Crippen LogP contribution < -0.4 is 0 Å². The molecule has 0 aromatic heterocycles. The summed E-state index contributed by atoms with van der Waals surface area (Å²) in [6.45, 7) is -0.371. The number of imide groups is 1. The summed E-state index contributed by atoms with van der Waals surface area (Å²) in [6.07, 6.45) is 0. The minimum atomic E-state index is -0.540. The summed E-state index contributed by atoms with van der Waals surface area (Å²) in [5, 5.41) is 12.2. The molecular weight excluding hydrogens is 224 g/mol. The molecule has 1 aromatic rings. The maximum Gasteiger partial charge on any atom is 0.262 e. The zero-order valence-electron chi connectivity index (χ0n) is 8.70. The Labute approximate surface area is 95.9 Å². The molecule has 0 saturated carbocycles. The van der Waals surface area contributed by atoms with E-state index >= 15 is 0 Å². The Morgan fingerprint density at radius 3 is 2.76 bits per heavy atom. The van der Waals surface area contributed by atoms with Gasteiger partial charge in [-0.15, -0.1) is 0 Å². The molecule has 0 unspecified atom stereocenters. The van der Waals surface area contributed by atoms with Crippen LogP contribution in [0.3, 0.4) is 0 Å². The van der Waals surface area contributed by atoms with E-state index < -0.39 is 11.8 Å². The Kier molecular flexibility index (Phi) is 2.78. The first kappa shape index (κ1) is 11.1. The average molecular weight is 232 g/mol. The number of benzene rings is 1. The monoisotopic (exact) mass is 232 g/mol. The number of β-amino-alcohol motifs (C(OH)–C–C–N with tert-alkyl or cyclic N) is 1. The van der Waals surface area contributed by atoms with Crippen molar-refractivity contribution in [3.8, 4) is 0 Å². The van der Waals surface area contributed by atoms with Crippen LogP contribution in [-0.4, -0.2) is 35.0 Å². The van der Waals surface area contributed by atoms with Crippen LogP contribution in [0, 0.1) is 0 Å². The Morgan fingerprint density at radius 1 is 1.35 bits per heavy atom. The zero-order chi connectivity index (χ0) is 12.4. The van der Waals surface area contributed by atoms with Crippen LogP contribution in [0.4, 0.5) is 5.69 Å². The number of hydrogen-bond acceptors (Lipinski definition) is 4. The fourth-order valence-electron chi connectivity index (χ4n) is 1.75. The van der Waals surface area contributed by atoms with Crippen molar-refractivity contribution >= 4 is 17.5 Å². The fraction of sp³-hybridized carbons (Fsp3) is 0.200. The van der Waals surface area contributed by atoms with Crippen LogP contribution in [0.2, 0.25) is 0 Å². The first-order valence-corrected chi connectivity index (χ1v) is 4.86. The van der Waals surface area contributed by atoms with Crippen LogP contribution in [0.1, 0.15) is 20.7 Å². The van der Waals surface area contributed by atoms with E-state index in [2.05, 4.69) is 10.0 Å². The zero-order valence-corrected chi connectivity index (χ0v) is 8.70. The second-order valence-electron chi connectivity index (χ2n) is 3.37. The molecule has 0 aliphatic carbocycles. The predicted molar refractivity (Wildman–Crippen MR) is 57.7 cm³/mol. The van der Waals surface area contributed by atoms with Crippen molar-refractivity contribution in [3.63, 3.8) is 0 Å². The molecule has 0 bridgehead atoms. The molecule has 0 radical (unpaired) electrons. The van der Waals surface area contributed by atoms with Crippen molar-refractivity contribution in [2.75, 3.05) is 13.2 Å². The third kappa shape index (κ3) is 1.63. The number of aliphatic hydroxyl groups is 1. The highest BCUT2D eigenvalue weighted by Gasteiger charge is 2.36. The molecule has 2 amide bonds. The molecule has 17 heavy (non-hydrogen) atoms. The van der Waals surface area contributed by atoms with Crippen molar-refractivity contribution in [2.45, 2.75) is 0 Å². The Bertz CT molecular complexity index is 548. The van der Waals surface area contributed by atoms with Gasteiger partial charge in [0, 0.05) is 4.91 Å². The van der Waals surface area contributed by atoms with Gasteiger partial charge in [0.1, 0.15) is 0 Å². The normalized spacial score (nSPS) is 13.6. The number of carbonyl (C=O) groups is 2. The highest BCUT2D eigenvalue weighted by Crippen LogP contribution is 2.30. The highest BCUT2D eigenvalue weighted by atomic mass is 16.3. The summed E-state index contributed by atoms with van der Waals surface area (Å²) in [6, 6.07) is 4.49. The van der Waals surface area contributed by atoms with Gasteiger partial charge >= 0.3 is 0 Å². The number of nitrogens with zero attached hydrogens (tertiary/aromatic N) is 4. The number of carbonyl (C=O) groups excluding carboxylic acids is 2. The van der Waals surface area contributed by atoms with Crippen LogP contribution in [0.5, 0.6) is 0 Å². The Hall–Kier alpha value is -2.37. The molecule has 0 saturated heterocycles. The summed E-state index contributed by atoms with van der Waals surface area (Å²) in [5.41, 5.74) is 8.81. The van der Waals surface area contributed by atoms with E-state index in [1.54, 1.807) is 0 Å². The lowest BCUT2D eigenvalue weighted by atomic mass is 10.1. The summed E-state index contributed by atoms with van der Waals surface area (Å²) in [4.78, 5) is 27.3. The molecule has 0 atom stereocenters. The van der Waals surface area contributed by atoms with Crippen LogP contribution in [-0.2, 0) is 0 Å². The van der Waals surface area contributed by atoms with Crippen LogP contribution >= 0.6 is 0 Å². The lowest BCUT2D eigenvalue weighted by Gasteiger charge is -2.10. The minimum Gasteiger partial charge on any atom is -0.395 e. The van der Waals surface area contributed by atoms with Gasteiger partial charge < -0.3 is 5.11 Å². The van der Waals surface area contributed by atoms with Crippen molar-refractivity contribution in [1.82, 2.24) is 4.90 Å². The van der Waals surface area contributed by atoms with E-state index in [4.69, 9.17) is 10.6 Å². The molecule has 2 rings (SSSR count). The van der Waals surface area contributed by atoms with E-state index in [1.165, 1.54) is 18.2 Å². The van der Waals surface area contributed by atoms with Crippen LogP contribution in [0.15, 0.2) is 23.3 Å². The number of azide groups is 1. The summed E-state index contributed by atoms with van der Waals surface area (Å²) >= 11 is 0. The molecular formula is C10H8N4O3. The second kappa shape index (κ2) is 4.25. The summed E-state index contributed by atoms with van der Waals surface area (Å²) < 4.78 is 0. The Balaban J connectivity index is 2.57. The predicted octanol–water partition coefficient (Wildman–Crippen LogP) is 1.22. The lowest BCUT2D eigenvalue weighted by Crippen LogP contribution is -2.32. The number of rotatable bonds is 3. The molecule has 1 aliphatic rings. The molecule has 1 N–H and O–H groups in total. The highest BCUT2D eigenvalue weighted by molar-refractivity contribution is 6.23. The summed E-state index contributed by atoms with van der Waals surface area (Å²) in [7, 11) is 0. The maximum absolute atomic E-state index is 11.9. The third-order valence-electron chi connectivity index (χ3n) is 2.45. The fourth-order valence-corrected chi connectivity index (χ4v) is 1.75. The van der Waals surface area contributed by atoms with Gasteiger partial charge in [-0.3, -0.25) is 14.5 Å². The van der Waals surface area contributed by atoms with Gasteiger partial charge in [-0.25, -0.2) is 0 Å². The maximum atomic E-state index is 11.9. The van der Waals surface area contributed by atoms with E-state index in [9.17, 15) is 9.59 Å². The van der Waals surface area contributed by atoms with Gasteiger partial charge in [0.25, 0.3) is 11.8 Å². The number of amides is 2. The third-order valence-corrected chi connectivity index (χ3v) is 2.45. The van der Waals surface area contributed by atoms with Gasteiger partial charge in [-0.05, 0) is 11.6 Å². The first-order valence-electron chi connectivity index (χ1n) is 4.86. The summed E-state index contributed by atoms with van der Waals surface area (Å²) in [5.74, 6) is -1.02. The molecule has 86 valence electrons. The molecule has 7 nitrogen and oxygen atoms in total. The molecule has 0 fully saturated rings. The first-order chi connectivity index (χ1) is 8.20. The second-order valence-corrected chi connectivity index (χ2v) is 3.37. The SMILES string of the molecule is [N-]=[N+]=Nc1cccc2c1C(=O)N(CCO)C2=O. The van der Waals surface area contributed by atoms with Gasteiger partial charge in [-0.2, -0.15) is 0 Å². The van der Waals surface area contributed by atoms with Gasteiger partial charge in [0.05, 0.1) is 30.0 Å². The number of hydrogen-bond donors (Lipinski definition) is 1. The molecule has 1 heterocycles. The topological polar surface area (TPSA) is 106 Å².